The molecule has 0 saturated carbocycles. The molecule has 1 heterocycles. The molecule has 1 atom stereocenters. The maximum Gasteiger partial charge on any atom is 0.0595 e. The number of pyridine rings is 1. The molecule has 108 valence electrons. The molecule has 2 nitrogen and oxygen atoms in total. The summed E-state index contributed by atoms with van der Waals surface area (Å²) < 4.78 is 0. The van der Waals surface area contributed by atoms with E-state index in [1.165, 1.54) is 44.1 Å². The number of nitrogens with zero attached hydrogens (tertiary/aromatic N) is 1. The molecule has 0 aliphatic rings. The van der Waals surface area contributed by atoms with Crippen molar-refractivity contribution in [3.63, 3.8) is 0 Å². The first-order valence-electron chi connectivity index (χ1n) is 7.82. The molecule has 0 amide bonds. The molecule has 0 spiro atoms. The number of aliphatic hydroxyl groups is 1. The summed E-state index contributed by atoms with van der Waals surface area (Å²) in [5.74, 6) is 0. The minimum absolute atomic E-state index is 0.231. The van der Waals surface area contributed by atoms with Gasteiger partial charge in [-0.05, 0) is 25.0 Å². The molecule has 1 N–H and O–H groups in total. The highest BCUT2D eigenvalue weighted by atomic mass is 16.3. The van der Waals surface area contributed by atoms with Crippen molar-refractivity contribution in [2.24, 2.45) is 0 Å². The third kappa shape index (κ3) is 7.99. The van der Waals surface area contributed by atoms with Crippen LogP contribution in [-0.4, -0.2) is 16.2 Å². The quantitative estimate of drug-likeness (QED) is 0.633. The Labute approximate surface area is 118 Å². The van der Waals surface area contributed by atoms with Crippen LogP contribution in [0.15, 0.2) is 18.3 Å². The van der Waals surface area contributed by atoms with Gasteiger partial charge in [0, 0.05) is 18.3 Å². The molecule has 0 bridgehead atoms. The Balaban J connectivity index is 2.04. The number of unbranched alkanes of at least 4 members (excludes halogenated alkanes) is 6. The summed E-state index contributed by atoms with van der Waals surface area (Å²) in [7, 11) is 0. The highest BCUT2D eigenvalue weighted by Crippen LogP contribution is 2.12. The molecule has 0 radical (unpaired) electrons. The van der Waals surface area contributed by atoms with Crippen molar-refractivity contribution in [3.8, 4) is 0 Å². The second-order valence-corrected chi connectivity index (χ2v) is 5.59. The van der Waals surface area contributed by atoms with E-state index in [-0.39, 0.29) is 6.10 Å². The third-order valence-corrected chi connectivity index (χ3v) is 3.56. The lowest BCUT2D eigenvalue weighted by Gasteiger charge is -2.10. The Morgan fingerprint density at radius 3 is 2.37 bits per heavy atom. The molecule has 1 rings (SSSR count). The van der Waals surface area contributed by atoms with Crippen molar-refractivity contribution in [1.29, 1.82) is 0 Å². The van der Waals surface area contributed by atoms with Crippen LogP contribution in [0.25, 0.3) is 0 Å². The van der Waals surface area contributed by atoms with Crippen LogP contribution in [0.2, 0.25) is 0 Å². The van der Waals surface area contributed by atoms with E-state index in [0.717, 1.165) is 18.5 Å². The average Bonchev–Trinajstić information content (AvgIpc) is 2.40. The van der Waals surface area contributed by atoms with Crippen LogP contribution >= 0.6 is 0 Å². The van der Waals surface area contributed by atoms with Gasteiger partial charge in [0.1, 0.15) is 0 Å². The molecule has 0 saturated heterocycles. The maximum absolute atomic E-state index is 9.97. The summed E-state index contributed by atoms with van der Waals surface area (Å²) in [4.78, 5) is 4.34. The highest BCUT2D eigenvalue weighted by molar-refractivity contribution is 5.12. The van der Waals surface area contributed by atoms with Crippen molar-refractivity contribution in [2.45, 2.75) is 77.7 Å². The molecule has 19 heavy (non-hydrogen) atoms. The molecule has 1 aromatic heterocycles. The number of hydrogen-bond donors (Lipinski definition) is 1. The second-order valence-electron chi connectivity index (χ2n) is 5.59. The molecule has 2 heteroatoms. The van der Waals surface area contributed by atoms with Gasteiger partial charge < -0.3 is 5.11 Å². The summed E-state index contributed by atoms with van der Waals surface area (Å²) in [5.41, 5.74) is 2.17. The SMILES string of the molecule is CCCCCCCCCC(O)Cc1ccc(C)cn1. The van der Waals surface area contributed by atoms with E-state index >= 15 is 0 Å². The van der Waals surface area contributed by atoms with Crippen LogP contribution in [-0.2, 0) is 6.42 Å². The fourth-order valence-corrected chi connectivity index (χ4v) is 2.30. The van der Waals surface area contributed by atoms with Crippen molar-refractivity contribution < 1.29 is 5.11 Å². The zero-order chi connectivity index (χ0) is 13.9. The standard InChI is InChI=1S/C17H29NO/c1-3-4-5-6-7-8-9-10-17(19)13-16-12-11-15(2)14-18-16/h11-12,14,17,19H,3-10,13H2,1-2H3. The largest absolute Gasteiger partial charge is 0.393 e. The zero-order valence-corrected chi connectivity index (χ0v) is 12.6. The van der Waals surface area contributed by atoms with Crippen LogP contribution in [0, 0.1) is 6.92 Å². The maximum atomic E-state index is 9.97. The third-order valence-electron chi connectivity index (χ3n) is 3.56. The van der Waals surface area contributed by atoms with Crippen LogP contribution < -0.4 is 0 Å². The van der Waals surface area contributed by atoms with Crippen molar-refractivity contribution in [1.82, 2.24) is 4.98 Å². The predicted molar refractivity (Wildman–Crippen MR) is 81.3 cm³/mol. The monoisotopic (exact) mass is 263 g/mol. The minimum Gasteiger partial charge on any atom is -0.393 e. The van der Waals surface area contributed by atoms with Gasteiger partial charge in [-0.15, -0.1) is 0 Å². The van der Waals surface area contributed by atoms with Crippen LogP contribution in [0.3, 0.4) is 0 Å². The number of aliphatic hydroxyl groups excluding tert-OH is 1. The van der Waals surface area contributed by atoms with Gasteiger partial charge in [0.15, 0.2) is 0 Å². The number of rotatable bonds is 10. The van der Waals surface area contributed by atoms with E-state index in [1.54, 1.807) is 0 Å². The Hall–Kier alpha value is -0.890. The lowest BCUT2D eigenvalue weighted by Crippen LogP contribution is -2.11. The number of hydrogen-bond acceptors (Lipinski definition) is 2. The van der Waals surface area contributed by atoms with Gasteiger partial charge in [-0.3, -0.25) is 4.98 Å². The minimum atomic E-state index is -0.231. The van der Waals surface area contributed by atoms with Gasteiger partial charge >= 0.3 is 0 Å². The second kappa shape index (κ2) is 9.96. The van der Waals surface area contributed by atoms with Gasteiger partial charge in [0.05, 0.1) is 6.10 Å². The molecule has 0 aliphatic heterocycles. The van der Waals surface area contributed by atoms with E-state index in [2.05, 4.69) is 18.0 Å². The van der Waals surface area contributed by atoms with Crippen molar-refractivity contribution >= 4 is 0 Å². The first kappa shape index (κ1) is 16.2. The molecular formula is C17H29NO. The van der Waals surface area contributed by atoms with E-state index in [1.807, 2.05) is 19.2 Å². The van der Waals surface area contributed by atoms with E-state index < -0.39 is 0 Å². The fraction of sp³-hybridized carbons (Fsp3) is 0.706. The molecule has 1 unspecified atom stereocenters. The van der Waals surface area contributed by atoms with Crippen molar-refractivity contribution in [2.75, 3.05) is 0 Å². The highest BCUT2D eigenvalue weighted by Gasteiger charge is 2.06. The normalized spacial score (nSPS) is 12.6. The lowest BCUT2D eigenvalue weighted by atomic mass is 10.0. The summed E-state index contributed by atoms with van der Waals surface area (Å²) in [6, 6.07) is 4.08. The van der Waals surface area contributed by atoms with Crippen LogP contribution in [0.1, 0.15) is 69.5 Å². The van der Waals surface area contributed by atoms with E-state index in [9.17, 15) is 5.11 Å². The summed E-state index contributed by atoms with van der Waals surface area (Å²) in [5, 5.41) is 9.97. The summed E-state index contributed by atoms with van der Waals surface area (Å²) >= 11 is 0. The molecule has 0 fully saturated rings. The fourth-order valence-electron chi connectivity index (χ4n) is 2.30. The van der Waals surface area contributed by atoms with E-state index in [0.29, 0.717) is 6.42 Å². The molecule has 0 aromatic carbocycles. The summed E-state index contributed by atoms with van der Waals surface area (Å²) in [6.45, 7) is 4.28. The summed E-state index contributed by atoms with van der Waals surface area (Å²) in [6.07, 6.45) is 12.3. The Morgan fingerprint density at radius 2 is 1.74 bits per heavy atom. The first-order chi connectivity index (χ1) is 9.22. The van der Waals surface area contributed by atoms with Gasteiger partial charge in [-0.1, -0.05) is 57.9 Å². The smallest absolute Gasteiger partial charge is 0.0595 e. The van der Waals surface area contributed by atoms with Gasteiger partial charge in [-0.2, -0.15) is 0 Å². The first-order valence-corrected chi connectivity index (χ1v) is 7.82. The number of aromatic nitrogens is 1. The van der Waals surface area contributed by atoms with E-state index in [4.69, 9.17) is 0 Å². The van der Waals surface area contributed by atoms with Gasteiger partial charge in [0.25, 0.3) is 0 Å². The molecule has 1 aromatic rings. The zero-order valence-electron chi connectivity index (χ0n) is 12.6. The Morgan fingerprint density at radius 1 is 1.05 bits per heavy atom. The lowest BCUT2D eigenvalue weighted by molar-refractivity contribution is 0.159. The molecular weight excluding hydrogens is 234 g/mol. The molecule has 0 aliphatic carbocycles. The Bertz CT molecular complexity index is 321. The number of aryl methyl sites for hydroxylation is 1. The van der Waals surface area contributed by atoms with Gasteiger partial charge in [-0.25, -0.2) is 0 Å². The van der Waals surface area contributed by atoms with Crippen molar-refractivity contribution in [3.05, 3.63) is 29.6 Å². The van der Waals surface area contributed by atoms with Crippen LogP contribution in [0.5, 0.6) is 0 Å². The average molecular weight is 263 g/mol. The predicted octanol–water partition coefficient (Wildman–Crippen LogP) is 4.43. The van der Waals surface area contributed by atoms with Gasteiger partial charge in [0.2, 0.25) is 0 Å². The van der Waals surface area contributed by atoms with Crippen LogP contribution in [0.4, 0.5) is 0 Å². The topological polar surface area (TPSA) is 33.1 Å². The Kier molecular flexibility index (Phi) is 8.48.